The number of amides is 1. The predicted octanol–water partition coefficient (Wildman–Crippen LogP) is 2.96. The van der Waals surface area contributed by atoms with E-state index < -0.39 is 0 Å². The summed E-state index contributed by atoms with van der Waals surface area (Å²) in [6.07, 6.45) is 6.68. The lowest BCUT2D eigenvalue weighted by Crippen LogP contribution is -2.45. The van der Waals surface area contributed by atoms with Crippen LogP contribution in [-0.2, 0) is 11.3 Å². The molecule has 3 aliphatic rings. The van der Waals surface area contributed by atoms with Crippen LogP contribution in [0.5, 0.6) is 11.5 Å². The van der Waals surface area contributed by atoms with Gasteiger partial charge in [0.15, 0.2) is 17.5 Å². The molecule has 1 saturated heterocycles. The maximum absolute atomic E-state index is 12.8. The molecular formula is C22H31ClN4O3. The fourth-order valence-electron chi connectivity index (χ4n) is 4.53. The number of aliphatic imine (C=N–C) groups is 1. The molecule has 2 N–H and O–H groups in total. The number of carbonyl (C=O) groups is 1. The zero-order valence-corrected chi connectivity index (χ0v) is 18.3. The number of carbonyl (C=O) groups excluding carboxylic acids is 1. The molecule has 1 saturated carbocycles. The Morgan fingerprint density at radius 2 is 2.00 bits per heavy atom. The maximum atomic E-state index is 12.8. The molecule has 1 aromatic carbocycles. The summed E-state index contributed by atoms with van der Waals surface area (Å²) < 4.78 is 11.2. The highest BCUT2D eigenvalue weighted by Gasteiger charge is 2.31. The van der Waals surface area contributed by atoms with E-state index >= 15 is 0 Å². The number of fused-ring (bicyclic) bond motifs is 1. The Kier molecular flexibility index (Phi) is 6.87. The third kappa shape index (κ3) is 4.94. The minimum atomic E-state index is 0.215. The van der Waals surface area contributed by atoms with Crippen LogP contribution in [0.15, 0.2) is 17.1 Å². The molecule has 0 aromatic heterocycles. The smallest absolute Gasteiger partial charge is 0.225 e. The molecule has 2 heterocycles. The van der Waals surface area contributed by atoms with Crippen LogP contribution in [0.4, 0.5) is 0 Å². The second-order valence-electron chi connectivity index (χ2n) is 8.28. The Bertz CT molecular complexity index is 795. The molecule has 0 spiro atoms. The van der Waals surface area contributed by atoms with Crippen LogP contribution in [0.2, 0.25) is 5.02 Å². The number of hydrogen-bond donors (Lipinski definition) is 2. The fourth-order valence-corrected chi connectivity index (χ4v) is 4.81. The Hall–Kier alpha value is -2.15. The van der Waals surface area contributed by atoms with E-state index in [1.54, 1.807) is 7.05 Å². The van der Waals surface area contributed by atoms with Crippen molar-refractivity contribution in [2.45, 2.75) is 51.1 Å². The van der Waals surface area contributed by atoms with Crippen molar-refractivity contribution in [1.82, 2.24) is 15.5 Å². The Morgan fingerprint density at radius 1 is 1.20 bits per heavy atom. The minimum Gasteiger partial charge on any atom is -0.486 e. The molecule has 0 bridgehead atoms. The molecular weight excluding hydrogens is 404 g/mol. The van der Waals surface area contributed by atoms with Gasteiger partial charge < -0.3 is 25.0 Å². The van der Waals surface area contributed by atoms with Gasteiger partial charge in [-0.15, -0.1) is 0 Å². The summed E-state index contributed by atoms with van der Waals surface area (Å²) >= 11 is 6.33. The molecule has 1 amide bonds. The van der Waals surface area contributed by atoms with Crippen LogP contribution >= 0.6 is 11.6 Å². The van der Waals surface area contributed by atoms with Gasteiger partial charge in [0.1, 0.15) is 13.2 Å². The summed E-state index contributed by atoms with van der Waals surface area (Å²) in [6.45, 7) is 3.17. The quantitative estimate of drug-likeness (QED) is 0.563. The van der Waals surface area contributed by atoms with E-state index in [-0.39, 0.29) is 12.0 Å². The second kappa shape index (κ2) is 9.77. The van der Waals surface area contributed by atoms with Gasteiger partial charge in [-0.25, -0.2) is 0 Å². The van der Waals surface area contributed by atoms with Crippen molar-refractivity contribution in [2.75, 3.05) is 33.4 Å². The number of halogens is 1. The summed E-state index contributed by atoms with van der Waals surface area (Å²) in [7, 11) is 1.76. The van der Waals surface area contributed by atoms with Crippen molar-refractivity contribution in [3.8, 4) is 11.5 Å². The molecule has 1 aliphatic carbocycles. The van der Waals surface area contributed by atoms with Crippen LogP contribution < -0.4 is 20.1 Å². The number of guanidine groups is 1. The highest BCUT2D eigenvalue weighted by atomic mass is 35.5. The van der Waals surface area contributed by atoms with E-state index in [0.29, 0.717) is 42.2 Å². The lowest BCUT2D eigenvalue weighted by molar-refractivity contribution is -0.135. The SMILES string of the molecule is CN=C(NCc1cc(Cl)c2c(c1)OCCO2)NC1CCN(C(=O)C2CCCCC2)C1. The molecule has 1 aromatic rings. The maximum Gasteiger partial charge on any atom is 0.225 e. The zero-order valence-electron chi connectivity index (χ0n) is 17.6. The minimum absolute atomic E-state index is 0.215. The van der Waals surface area contributed by atoms with Crippen LogP contribution in [0.25, 0.3) is 0 Å². The van der Waals surface area contributed by atoms with Crippen molar-refractivity contribution >= 4 is 23.5 Å². The van der Waals surface area contributed by atoms with E-state index in [0.717, 1.165) is 43.9 Å². The van der Waals surface area contributed by atoms with Crippen molar-refractivity contribution < 1.29 is 14.3 Å². The van der Waals surface area contributed by atoms with Gasteiger partial charge in [-0.1, -0.05) is 30.9 Å². The van der Waals surface area contributed by atoms with Gasteiger partial charge >= 0.3 is 0 Å². The van der Waals surface area contributed by atoms with Crippen LogP contribution in [0, 0.1) is 5.92 Å². The van der Waals surface area contributed by atoms with E-state index in [1.807, 2.05) is 17.0 Å². The third-order valence-corrected chi connectivity index (χ3v) is 6.42. The number of benzene rings is 1. The van der Waals surface area contributed by atoms with Crippen molar-refractivity contribution in [1.29, 1.82) is 0 Å². The monoisotopic (exact) mass is 434 g/mol. The molecule has 1 unspecified atom stereocenters. The lowest BCUT2D eigenvalue weighted by atomic mass is 9.88. The standard InChI is InChI=1S/C22H31ClN4O3/c1-24-22(25-13-15-11-18(23)20-19(12-15)29-9-10-30-20)26-17-7-8-27(14-17)21(28)16-5-3-2-4-6-16/h11-12,16-17H,2-10,13-14H2,1H3,(H2,24,25,26). The first-order chi connectivity index (χ1) is 14.6. The highest BCUT2D eigenvalue weighted by molar-refractivity contribution is 6.32. The summed E-state index contributed by atoms with van der Waals surface area (Å²) in [6, 6.07) is 4.05. The van der Waals surface area contributed by atoms with Crippen LogP contribution in [0.3, 0.4) is 0 Å². The van der Waals surface area contributed by atoms with Gasteiger partial charge in [-0.2, -0.15) is 0 Å². The average molecular weight is 435 g/mol. The van der Waals surface area contributed by atoms with Crippen LogP contribution in [-0.4, -0.2) is 56.2 Å². The summed E-state index contributed by atoms with van der Waals surface area (Å²) in [5, 5.41) is 7.35. The first kappa shape index (κ1) is 21.1. The number of rotatable bonds is 4. The molecule has 8 heteroatoms. The van der Waals surface area contributed by atoms with Crippen molar-refractivity contribution in [2.24, 2.45) is 10.9 Å². The summed E-state index contributed by atoms with van der Waals surface area (Å²) in [5.74, 6) is 2.59. The first-order valence-corrected chi connectivity index (χ1v) is 11.4. The Balaban J connectivity index is 1.28. The number of nitrogens with zero attached hydrogens (tertiary/aromatic N) is 2. The molecule has 4 rings (SSSR count). The van der Waals surface area contributed by atoms with Gasteiger partial charge in [0, 0.05) is 38.6 Å². The Labute approximate surface area is 183 Å². The molecule has 164 valence electrons. The fraction of sp³-hybridized carbons (Fsp3) is 0.636. The first-order valence-electron chi connectivity index (χ1n) is 11.0. The molecule has 0 radical (unpaired) electrons. The summed E-state index contributed by atoms with van der Waals surface area (Å²) in [4.78, 5) is 19.1. The van der Waals surface area contributed by atoms with Crippen molar-refractivity contribution in [3.05, 3.63) is 22.7 Å². The zero-order chi connectivity index (χ0) is 20.9. The lowest BCUT2D eigenvalue weighted by Gasteiger charge is -2.26. The Morgan fingerprint density at radius 3 is 2.80 bits per heavy atom. The molecule has 2 aliphatic heterocycles. The normalized spacial score (nSPS) is 22.1. The third-order valence-electron chi connectivity index (χ3n) is 6.14. The van der Waals surface area contributed by atoms with Gasteiger partial charge in [0.05, 0.1) is 5.02 Å². The number of likely N-dealkylation sites (tertiary alicyclic amines) is 1. The van der Waals surface area contributed by atoms with Crippen LogP contribution in [0.1, 0.15) is 44.1 Å². The van der Waals surface area contributed by atoms with Gasteiger partial charge in [0.25, 0.3) is 0 Å². The molecule has 30 heavy (non-hydrogen) atoms. The van der Waals surface area contributed by atoms with Gasteiger partial charge in [-0.3, -0.25) is 9.79 Å². The molecule has 2 fully saturated rings. The predicted molar refractivity (Wildman–Crippen MR) is 117 cm³/mol. The molecule has 1 atom stereocenters. The van der Waals surface area contributed by atoms with E-state index in [2.05, 4.69) is 15.6 Å². The molecule has 7 nitrogen and oxygen atoms in total. The van der Waals surface area contributed by atoms with E-state index in [9.17, 15) is 4.79 Å². The number of hydrogen-bond acceptors (Lipinski definition) is 4. The average Bonchev–Trinajstić information content (AvgIpc) is 3.25. The topological polar surface area (TPSA) is 75.2 Å². The largest absolute Gasteiger partial charge is 0.486 e. The highest BCUT2D eigenvalue weighted by Crippen LogP contribution is 2.38. The number of ether oxygens (including phenoxy) is 2. The summed E-state index contributed by atoms with van der Waals surface area (Å²) in [5.41, 5.74) is 0.993. The van der Waals surface area contributed by atoms with E-state index in [4.69, 9.17) is 21.1 Å². The van der Waals surface area contributed by atoms with Crippen molar-refractivity contribution in [3.63, 3.8) is 0 Å². The number of nitrogens with one attached hydrogen (secondary N) is 2. The van der Waals surface area contributed by atoms with Gasteiger partial charge in [-0.05, 0) is 37.0 Å². The second-order valence-corrected chi connectivity index (χ2v) is 8.68. The van der Waals surface area contributed by atoms with E-state index in [1.165, 1.54) is 19.3 Å². The van der Waals surface area contributed by atoms with Gasteiger partial charge in [0.2, 0.25) is 5.91 Å².